The Morgan fingerprint density at radius 3 is 0.750 bits per heavy atom. The zero-order valence-electron chi connectivity index (χ0n) is 18.6. The van der Waals surface area contributed by atoms with Crippen molar-refractivity contribution in [3.05, 3.63) is 123 Å². The van der Waals surface area contributed by atoms with Crippen molar-refractivity contribution in [3.63, 3.8) is 0 Å². The first-order valence-electron chi connectivity index (χ1n) is 10.6. The maximum atomic E-state index is 10.1. The van der Waals surface area contributed by atoms with Crippen LogP contribution in [0.1, 0.15) is 33.4 Å². The summed E-state index contributed by atoms with van der Waals surface area (Å²) in [6.45, 7) is 0. The smallest absolute Gasteiger partial charge is 0.100 e. The standard InChI is InChI=1S/C30H12N6/c31-13-19-1-7-22(8-2-19)25(16-34)28-29(26(17-35)23-9-3-20(14-32)4-10-23)30(28)27(18-36)24-11-5-21(15-33)6-12-24/h1-12H. The lowest BCUT2D eigenvalue weighted by molar-refractivity contribution is 1.47. The Morgan fingerprint density at radius 2 is 0.583 bits per heavy atom. The SMILES string of the molecule is N#CC(=C1C(=C(C#N)c2ccc(C#N)cc2)C1=C(C#N)c1ccc(C#N)cc1)c1ccc(C#N)cc1. The minimum Gasteiger partial charge on any atom is -0.192 e. The van der Waals surface area contributed by atoms with Crippen LogP contribution in [0.4, 0.5) is 0 Å². The van der Waals surface area contributed by atoms with Crippen LogP contribution in [-0.4, -0.2) is 0 Å². The first-order valence-corrected chi connectivity index (χ1v) is 10.6. The number of nitriles is 6. The number of benzene rings is 3. The van der Waals surface area contributed by atoms with Crippen molar-refractivity contribution in [1.82, 2.24) is 0 Å². The molecule has 0 unspecified atom stereocenters. The van der Waals surface area contributed by atoms with E-state index >= 15 is 0 Å². The highest BCUT2D eigenvalue weighted by Crippen LogP contribution is 2.55. The van der Waals surface area contributed by atoms with Gasteiger partial charge in [-0.25, -0.2) is 0 Å². The predicted molar refractivity (Wildman–Crippen MR) is 131 cm³/mol. The largest absolute Gasteiger partial charge is 0.192 e. The average Bonchev–Trinajstić information content (AvgIpc) is 3.64. The Hall–Kier alpha value is -6.18. The van der Waals surface area contributed by atoms with Gasteiger partial charge in [0.25, 0.3) is 0 Å². The monoisotopic (exact) mass is 456 g/mol. The van der Waals surface area contributed by atoms with Crippen molar-refractivity contribution in [1.29, 1.82) is 31.6 Å². The molecule has 162 valence electrons. The van der Waals surface area contributed by atoms with Crippen molar-refractivity contribution >= 4 is 16.7 Å². The molecule has 3 aromatic rings. The molecule has 36 heavy (non-hydrogen) atoms. The summed E-state index contributed by atoms with van der Waals surface area (Å²) in [7, 11) is 0. The van der Waals surface area contributed by atoms with Gasteiger partial charge in [-0.1, -0.05) is 36.4 Å². The van der Waals surface area contributed by atoms with E-state index in [1.54, 1.807) is 72.8 Å². The van der Waals surface area contributed by atoms with Crippen LogP contribution in [0.25, 0.3) is 16.7 Å². The first kappa shape index (κ1) is 23.0. The van der Waals surface area contributed by atoms with E-state index in [0.29, 0.717) is 50.1 Å². The van der Waals surface area contributed by atoms with E-state index in [4.69, 9.17) is 15.8 Å². The molecule has 1 saturated carbocycles. The summed E-state index contributed by atoms with van der Waals surface area (Å²) in [5, 5.41) is 57.6. The molecular formula is C30H12N6. The van der Waals surface area contributed by atoms with Gasteiger partial charge in [0.15, 0.2) is 0 Å². The van der Waals surface area contributed by atoms with Crippen molar-refractivity contribution in [2.45, 2.75) is 0 Å². The summed E-state index contributed by atoms with van der Waals surface area (Å²) in [6, 6.07) is 32.2. The van der Waals surface area contributed by atoms with E-state index in [1.807, 2.05) is 18.2 Å². The molecule has 0 radical (unpaired) electrons. The zero-order chi connectivity index (χ0) is 25.7. The Labute approximate surface area is 207 Å². The van der Waals surface area contributed by atoms with Gasteiger partial charge in [0.2, 0.25) is 0 Å². The van der Waals surface area contributed by atoms with Gasteiger partial charge in [-0.15, -0.1) is 0 Å². The lowest BCUT2D eigenvalue weighted by Gasteiger charge is -1.99. The maximum Gasteiger partial charge on any atom is 0.100 e. The fourth-order valence-electron chi connectivity index (χ4n) is 3.87. The topological polar surface area (TPSA) is 143 Å². The summed E-state index contributed by atoms with van der Waals surface area (Å²) in [5.74, 6) is 0. The number of nitrogens with zero attached hydrogens (tertiary/aromatic N) is 6. The van der Waals surface area contributed by atoms with E-state index in [1.165, 1.54) is 0 Å². The van der Waals surface area contributed by atoms with Crippen LogP contribution in [-0.2, 0) is 0 Å². The molecule has 0 spiro atoms. The zero-order valence-corrected chi connectivity index (χ0v) is 18.6. The quantitative estimate of drug-likeness (QED) is 0.473. The Morgan fingerprint density at radius 1 is 0.361 bits per heavy atom. The average molecular weight is 456 g/mol. The van der Waals surface area contributed by atoms with Crippen LogP contribution in [0.3, 0.4) is 0 Å². The fraction of sp³-hybridized carbons (Fsp3) is 0. The molecule has 0 aliphatic heterocycles. The molecule has 0 N–H and O–H groups in total. The second-order valence-corrected chi connectivity index (χ2v) is 7.65. The Bertz CT molecular complexity index is 1520. The summed E-state index contributed by atoms with van der Waals surface area (Å²) in [5.41, 5.74) is 5.20. The van der Waals surface area contributed by atoms with Gasteiger partial charge in [-0.3, -0.25) is 0 Å². The molecular weight excluding hydrogens is 444 g/mol. The fourth-order valence-corrected chi connectivity index (χ4v) is 3.87. The highest BCUT2D eigenvalue weighted by Gasteiger charge is 2.41. The van der Waals surface area contributed by atoms with E-state index in [9.17, 15) is 15.8 Å². The molecule has 0 aromatic heterocycles. The number of allylic oxidation sites excluding steroid dienone is 6. The summed E-state index contributed by atoms with van der Waals surface area (Å²) >= 11 is 0. The van der Waals surface area contributed by atoms with Crippen LogP contribution in [0.5, 0.6) is 0 Å². The second kappa shape index (κ2) is 9.75. The molecule has 0 bridgehead atoms. The normalized spacial score (nSPS) is 11.0. The van der Waals surface area contributed by atoms with Crippen LogP contribution in [0.2, 0.25) is 0 Å². The maximum absolute atomic E-state index is 10.1. The lowest BCUT2D eigenvalue weighted by atomic mass is 10.0. The Kier molecular flexibility index (Phi) is 6.23. The third-order valence-corrected chi connectivity index (χ3v) is 5.68. The molecule has 1 aliphatic rings. The first-order chi connectivity index (χ1) is 17.6. The van der Waals surface area contributed by atoms with Crippen LogP contribution < -0.4 is 0 Å². The van der Waals surface area contributed by atoms with Gasteiger partial charge < -0.3 is 0 Å². The Balaban J connectivity index is 2.04. The van der Waals surface area contributed by atoms with Gasteiger partial charge in [-0.05, 0) is 53.1 Å². The van der Waals surface area contributed by atoms with E-state index in [-0.39, 0.29) is 16.7 Å². The van der Waals surface area contributed by atoms with E-state index in [0.717, 1.165) is 0 Å². The van der Waals surface area contributed by atoms with Gasteiger partial charge in [0.1, 0.15) is 18.2 Å². The van der Waals surface area contributed by atoms with Crippen molar-refractivity contribution in [3.8, 4) is 36.4 Å². The van der Waals surface area contributed by atoms with Gasteiger partial charge in [0.05, 0.1) is 51.6 Å². The molecule has 0 saturated heterocycles. The molecule has 0 heterocycles. The highest BCUT2D eigenvalue weighted by atomic mass is 14.4. The van der Waals surface area contributed by atoms with Gasteiger partial charge in [0, 0.05) is 16.7 Å². The highest BCUT2D eigenvalue weighted by molar-refractivity contribution is 6.12. The third-order valence-electron chi connectivity index (χ3n) is 5.68. The van der Waals surface area contributed by atoms with E-state index in [2.05, 4.69) is 18.2 Å². The van der Waals surface area contributed by atoms with Crippen molar-refractivity contribution in [2.24, 2.45) is 0 Å². The summed E-state index contributed by atoms with van der Waals surface area (Å²) in [4.78, 5) is 0. The molecule has 6 heteroatoms. The van der Waals surface area contributed by atoms with Gasteiger partial charge in [-0.2, -0.15) is 31.6 Å². The van der Waals surface area contributed by atoms with Crippen LogP contribution in [0, 0.1) is 68.0 Å². The van der Waals surface area contributed by atoms with E-state index < -0.39 is 0 Å². The molecule has 0 amide bonds. The van der Waals surface area contributed by atoms with Crippen LogP contribution in [0.15, 0.2) is 89.5 Å². The second-order valence-electron chi connectivity index (χ2n) is 7.65. The lowest BCUT2D eigenvalue weighted by Crippen LogP contribution is -1.84. The predicted octanol–water partition coefficient (Wildman–Crippen LogP) is 5.55. The molecule has 3 aromatic carbocycles. The number of rotatable bonds is 3. The molecule has 1 aliphatic carbocycles. The molecule has 0 atom stereocenters. The molecule has 4 rings (SSSR count). The van der Waals surface area contributed by atoms with Crippen molar-refractivity contribution < 1.29 is 0 Å². The molecule has 1 fully saturated rings. The third kappa shape index (κ3) is 4.11. The molecule has 6 nitrogen and oxygen atoms in total. The van der Waals surface area contributed by atoms with Gasteiger partial charge >= 0.3 is 0 Å². The van der Waals surface area contributed by atoms with Crippen molar-refractivity contribution in [2.75, 3.05) is 0 Å². The summed E-state index contributed by atoms with van der Waals surface area (Å²) in [6.07, 6.45) is 0. The summed E-state index contributed by atoms with van der Waals surface area (Å²) < 4.78 is 0. The minimum absolute atomic E-state index is 0.271. The minimum atomic E-state index is 0.271. The number of hydrogen-bond donors (Lipinski definition) is 0. The van der Waals surface area contributed by atoms with Crippen LogP contribution >= 0.6 is 0 Å². The number of hydrogen-bond acceptors (Lipinski definition) is 6.